The molecule has 0 unspecified atom stereocenters. The molecule has 0 amide bonds. The van der Waals surface area contributed by atoms with Crippen molar-refractivity contribution in [1.82, 2.24) is 9.88 Å². The zero-order valence-corrected chi connectivity index (χ0v) is 10.00. The number of nitrogens with zero attached hydrogens (tertiary/aromatic N) is 2. The fraction of sp³-hybridized carbons (Fsp3) is 0.545. The van der Waals surface area contributed by atoms with Crippen LogP contribution in [0.25, 0.3) is 0 Å². The Morgan fingerprint density at radius 2 is 2.07 bits per heavy atom. The van der Waals surface area contributed by atoms with Gasteiger partial charge >= 0.3 is 0 Å². The maximum atomic E-state index is 4.46. The van der Waals surface area contributed by atoms with Crippen molar-refractivity contribution in [2.45, 2.75) is 18.8 Å². The number of pyridine rings is 1. The van der Waals surface area contributed by atoms with Gasteiger partial charge in [0, 0.05) is 22.3 Å². The summed E-state index contributed by atoms with van der Waals surface area (Å²) in [7, 11) is 2.19. The van der Waals surface area contributed by atoms with E-state index in [9.17, 15) is 0 Å². The highest BCUT2D eigenvalue weighted by Crippen LogP contribution is 2.26. The Labute approximate surface area is 93.5 Å². The molecule has 0 radical (unpaired) electrons. The summed E-state index contributed by atoms with van der Waals surface area (Å²) in [6, 6.07) is 4.22. The van der Waals surface area contributed by atoms with E-state index in [4.69, 9.17) is 0 Å². The van der Waals surface area contributed by atoms with E-state index in [1.54, 1.807) is 0 Å². The van der Waals surface area contributed by atoms with E-state index in [1.807, 2.05) is 6.20 Å². The van der Waals surface area contributed by atoms with Crippen LogP contribution in [-0.2, 0) is 0 Å². The van der Waals surface area contributed by atoms with E-state index in [1.165, 1.54) is 31.6 Å². The molecule has 2 heterocycles. The minimum atomic E-state index is 0.666. The Morgan fingerprint density at radius 1 is 1.36 bits per heavy atom. The topological polar surface area (TPSA) is 16.1 Å². The summed E-state index contributed by atoms with van der Waals surface area (Å²) < 4.78 is 1.06. The zero-order valence-electron chi connectivity index (χ0n) is 8.41. The lowest BCUT2D eigenvalue weighted by Crippen LogP contribution is -2.29. The van der Waals surface area contributed by atoms with Crippen molar-refractivity contribution < 1.29 is 0 Å². The first kappa shape index (κ1) is 10.1. The van der Waals surface area contributed by atoms with Crippen LogP contribution in [0.5, 0.6) is 0 Å². The van der Waals surface area contributed by atoms with Crippen LogP contribution in [0.15, 0.2) is 22.8 Å². The lowest BCUT2D eigenvalue weighted by molar-refractivity contribution is 0.253. The Balaban J connectivity index is 2.05. The average Bonchev–Trinajstić information content (AvgIpc) is 2.21. The molecule has 1 fully saturated rings. The molecule has 14 heavy (non-hydrogen) atoms. The predicted molar refractivity (Wildman–Crippen MR) is 61.4 cm³/mol. The van der Waals surface area contributed by atoms with Crippen LogP contribution in [0.2, 0.25) is 0 Å². The third-order valence-corrected chi connectivity index (χ3v) is 3.36. The summed E-state index contributed by atoms with van der Waals surface area (Å²) in [5.74, 6) is 0.666. The summed E-state index contributed by atoms with van der Waals surface area (Å²) in [5.41, 5.74) is 1.25. The lowest BCUT2D eigenvalue weighted by Gasteiger charge is -2.28. The molecule has 0 N–H and O–H groups in total. The van der Waals surface area contributed by atoms with Crippen LogP contribution >= 0.6 is 15.9 Å². The Hall–Kier alpha value is -0.410. The Morgan fingerprint density at radius 3 is 2.64 bits per heavy atom. The minimum Gasteiger partial charge on any atom is -0.306 e. The van der Waals surface area contributed by atoms with Gasteiger partial charge in [-0.1, -0.05) is 0 Å². The molecular formula is C11H15BrN2. The zero-order chi connectivity index (χ0) is 9.97. The number of halogens is 1. The second-order valence-electron chi connectivity index (χ2n) is 3.98. The highest BCUT2D eigenvalue weighted by atomic mass is 79.9. The third-order valence-electron chi connectivity index (χ3n) is 2.89. The van der Waals surface area contributed by atoms with Crippen LogP contribution in [0, 0.1) is 0 Å². The number of hydrogen-bond acceptors (Lipinski definition) is 2. The van der Waals surface area contributed by atoms with Gasteiger partial charge in [0.2, 0.25) is 0 Å². The molecule has 3 heteroatoms. The van der Waals surface area contributed by atoms with Gasteiger partial charge in [0.05, 0.1) is 0 Å². The maximum Gasteiger partial charge on any atom is 0.0436 e. The van der Waals surface area contributed by atoms with E-state index in [-0.39, 0.29) is 0 Å². The summed E-state index contributed by atoms with van der Waals surface area (Å²) >= 11 is 3.41. The van der Waals surface area contributed by atoms with E-state index in [0.717, 1.165) is 4.47 Å². The molecule has 1 aromatic rings. The first-order valence-corrected chi connectivity index (χ1v) is 5.85. The molecule has 0 bridgehead atoms. The van der Waals surface area contributed by atoms with Gasteiger partial charge in [0.15, 0.2) is 0 Å². The highest BCUT2D eigenvalue weighted by Gasteiger charge is 2.18. The second kappa shape index (κ2) is 4.41. The molecule has 0 aliphatic carbocycles. The standard InChI is InChI=1S/C11H15BrN2/c1-14-6-4-9(5-7-14)11-3-2-10(12)8-13-11/h2-3,8-9H,4-7H2,1H3. The lowest BCUT2D eigenvalue weighted by atomic mass is 9.93. The number of hydrogen-bond donors (Lipinski definition) is 0. The van der Waals surface area contributed by atoms with Crippen LogP contribution in [0.4, 0.5) is 0 Å². The average molecular weight is 255 g/mol. The highest BCUT2D eigenvalue weighted by molar-refractivity contribution is 9.10. The number of likely N-dealkylation sites (tertiary alicyclic amines) is 1. The van der Waals surface area contributed by atoms with Crippen LogP contribution in [0.3, 0.4) is 0 Å². The van der Waals surface area contributed by atoms with Crippen LogP contribution < -0.4 is 0 Å². The second-order valence-corrected chi connectivity index (χ2v) is 4.89. The van der Waals surface area contributed by atoms with Gasteiger partial charge in [-0.05, 0) is 61.0 Å². The SMILES string of the molecule is CN1CCC(c2ccc(Br)cn2)CC1. The maximum absolute atomic E-state index is 4.46. The van der Waals surface area contributed by atoms with Gasteiger partial charge in [-0.3, -0.25) is 4.98 Å². The number of piperidine rings is 1. The molecular weight excluding hydrogens is 240 g/mol. The molecule has 76 valence electrons. The monoisotopic (exact) mass is 254 g/mol. The summed E-state index contributed by atoms with van der Waals surface area (Å²) in [5, 5.41) is 0. The van der Waals surface area contributed by atoms with Gasteiger partial charge in [0.25, 0.3) is 0 Å². The Kier molecular flexibility index (Phi) is 3.19. The van der Waals surface area contributed by atoms with Crippen molar-refractivity contribution in [1.29, 1.82) is 0 Å². The first-order chi connectivity index (χ1) is 6.75. The van der Waals surface area contributed by atoms with E-state index >= 15 is 0 Å². The summed E-state index contributed by atoms with van der Waals surface area (Å²) in [6.45, 7) is 2.39. The fourth-order valence-corrected chi connectivity index (χ4v) is 2.17. The molecule has 2 rings (SSSR count). The molecule has 1 aromatic heterocycles. The number of rotatable bonds is 1. The normalized spacial score (nSPS) is 19.9. The third kappa shape index (κ3) is 2.34. The largest absolute Gasteiger partial charge is 0.306 e. The summed E-state index contributed by atoms with van der Waals surface area (Å²) in [4.78, 5) is 6.85. The van der Waals surface area contributed by atoms with Gasteiger partial charge in [0.1, 0.15) is 0 Å². The van der Waals surface area contributed by atoms with Crippen LogP contribution in [-0.4, -0.2) is 30.0 Å². The van der Waals surface area contributed by atoms with Crippen LogP contribution in [0.1, 0.15) is 24.5 Å². The first-order valence-electron chi connectivity index (χ1n) is 5.05. The van der Waals surface area contributed by atoms with E-state index in [2.05, 4.69) is 45.0 Å². The van der Waals surface area contributed by atoms with Crippen molar-refractivity contribution in [3.05, 3.63) is 28.5 Å². The van der Waals surface area contributed by atoms with E-state index < -0.39 is 0 Å². The smallest absolute Gasteiger partial charge is 0.0436 e. The molecule has 0 saturated carbocycles. The van der Waals surface area contributed by atoms with Crippen molar-refractivity contribution >= 4 is 15.9 Å². The van der Waals surface area contributed by atoms with Gasteiger partial charge < -0.3 is 4.90 Å². The predicted octanol–water partition coefficient (Wildman–Crippen LogP) is 2.65. The van der Waals surface area contributed by atoms with Gasteiger partial charge in [-0.25, -0.2) is 0 Å². The van der Waals surface area contributed by atoms with Gasteiger partial charge in [-0.2, -0.15) is 0 Å². The molecule has 0 spiro atoms. The number of aromatic nitrogens is 1. The van der Waals surface area contributed by atoms with E-state index in [0.29, 0.717) is 5.92 Å². The molecule has 0 atom stereocenters. The van der Waals surface area contributed by atoms with Crippen molar-refractivity contribution in [2.75, 3.05) is 20.1 Å². The summed E-state index contributed by atoms with van der Waals surface area (Å²) in [6.07, 6.45) is 4.38. The fourth-order valence-electron chi connectivity index (χ4n) is 1.93. The van der Waals surface area contributed by atoms with Crippen molar-refractivity contribution in [3.8, 4) is 0 Å². The minimum absolute atomic E-state index is 0.666. The molecule has 1 saturated heterocycles. The molecule has 2 nitrogen and oxygen atoms in total. The molecule has 1 aliphatic rings. The van der Waals surface area contributed by atoms with Crippen molar-refractivity contribution in [3.63, 3.8) is 0 Å². The van der Waals surface area contributed by atoms with Crippen molar-refractivity contribution in [2.24, 2.45) is 0 Å². The van der Waals surface area contributed by atoms with Gasteiger partial charge in [-0.15, -0.1) is 0 Å². The quantitative estimate of drug-likeness (QED) is 0.766. The molecule has 0 aromatic carbocycles. The molecule has 1 aliphatic heterocycles. The Bertz CT molecular complexity index is 289.